The highest BCUT2D eigenvalue weighted by molar-refractivity contribution is 7.92. The van der Waals surface area contributed by atoms with Crippen LogP contribution in [0.25, 0.3) is 0 Å². The number of aromatic nitrogens is 2. The molecule has 5 atom stereocenters. The molecule has 1 saturated carbocycles. The van der Waals surface area contributed by atoms with Crippen LogP contribution in [0, 0.1) is 23.7 Å². The summed E-state index contributed by atoms with van der Waals surface area (Å²) in [6.07, 6.45) is 10.3. The van der Waals surface area contributed by atoms with Crippen LogP contribution in [0.5, 0.6) is 0 Å². The van der Waals surface area contributed by atoms with Crippen LogP contribution in [0.1, 0.15) is 111 Å². The summed E-state index contributed by atoms with van der Waals surface area (Å²) in [5, 5.41) is 20.7. The predicted molar refractivity (Wildman–Crippen MR) is 201 cm³/mol. The molecule has 12 heteroatoms. The summed E-state index contributed by atoms with van der Waals surface area (Å²) in [5.74, 6) is -2.60. The molecule has 2 aromatic rings. The third-order valence-electron chi connectivity index (χ3n) is 10.2. The van der Waals surface area contributed by atoms with Crippen LogP contribution < -0.4 is 16.0 Å². The molecule has 0 spiro atoms. The van der Waals surface area contributed by atoms with E-state index in [2.05, 4.69) is 32.8 Å². The van der Waals surface area contributed by atoms with Crippen molar-refractivity contribution in [1.82, 2.24) is 25.9 Å². The van der Waals surface area contributed by atoms with Gasteiger partial charge in [0.1, 0.15) is 6.04 Å². The Kier molecular flexibility index (Phi) is 16.6. The summed E-state index contributed by atoms with van der Waals surface area (Å²) in [6.45, 7) is 11.4. The third-order valence-corrected chi connectivity index (χ3v) is 12.9. The number of imidazole rings is 1. The van der Waals surface area contributed by atoms with Crippen LogP contribution in [-0.4, -0.2) is 76.4 Å². The lowest BCUT2D eigenvalue weighted by Gasteiger charge is -2.33. The van der Waals surface area contributed by atoms with E-state index in [1.54, 1.807) is 27.0 Å². The number of amides is 3. The van der Waals surface area contributed by atoms with Crippen LogP contribution in [0.15, 0.2) is 42.9 Å². The number of nitrogens with one attached hydrogen (secondary N) is 4. The number of benzene rings is 1. The molecule has 1 aromatic heterocycles. The average molecular weight is 730 g/mol. The Hall–Kier alpha value is -3.25. The van der Waals surface area contributed by atoms with Gasteiger partial charge in [0, 0.05) is 30.8 Å². The Labute approximate surface area is 305 Å². The summed E-state index contributed by atoms with van der Waals surface area (Å²) >= 11 is 0. The number of sulfone groups is 1. The van der Waals surface area contributed by atoms with Gasteiger partial charge in [-0.15, -0.1) is 0 Å². The molecule has 3 amide bonds. The van der Waals surface area contributed by atoms with Crippen LogP contribution in [-0.2, 0) is 37.1 Å². The zero-order chi connectivity index (χ0) is 37.6. The number of hydrogen-bond donors (Lipinski definition) is 5. The molecule has 3 rings (SSSR count). The molecule has 0 saturated heterocycles. The van der Waals surface area contributed by atoms with E-state index in [1.165, 1.54) is 6.33 Å². The summed E-state index contributed by atoms with van der Waals surface area (Å²) in [7, 11) is -3.69. The van der Waals surface area contributed by atoms with Gasteiger partial charge in [-0.3, -0.25) is 14.4 Å². The predicted octanol–water partition coefficient (Wildman–Crippen LogP) is 4.90. The number of aromatic amines is 1. The van der Waals surface area contributed by atoms with Gasteiger partial charge in [-0.25, -0.2) is 13.4 Å². The van der Waals surface area contributed by atoms with Crippen LogP contribution >= 0.6 is 0 Å². The van der Waals surface area contributed by atoms with E-state index in [1.807, 2.05) is 44.2 Å². The molecular weight excluding hydrogens is 667 g/mol. The number of carbonyl (C=O) groups excluding carboxylic acids is 3. The minimum absolute atomic E-state index is 0.0225. The Morgan fingerprint density at radius 2 is 1.67 bits per heavy atom. The standard InChI is InChI=1S/C39H63N5O6S/c1-7-8-19-41-37(47)32(27(2)3)23-35(45)33(21-29-17-13-10-14-18-29)43-38(48)34(22-31-24-40-26-42-31)44-36(46)30(20-28-15-11-9-12-16-28)25-51(49,50)39(4,5)6/h9,11-12,15-16,24,26-27,29-30,32-35,45H,7-8,10,13-14,17-23,25H2,1-6H3,(H,40,42)(H,41,47)(H,43,48)(H,44,46)/t30?,32-,33-,34-,35?/m0/s1. The molecule has 1 aromatic carbocycles. The molecule has 1 fully saturated rings. The topological polar surface area (TPSA) is 170 Å². The second-order valence-electron chi connectivity index (χ2n) is 15.8. The molecule has 11 nitrogen and oxygen atoms in total. The van der Waals surface area contributed by atoms with Crippen LogP contribution in [0.3, 0.4) is 0 Å². The maximum absolute atomic E-state index is 14.2. The minimum Gasteiger partial charge on any atom is -0.391 e. The molecule has 0 radical (unpaired) electrons. The van der Waals surface area contributed by atoms with E-state index < -0.39 is 56.4 Å². The highest BCUT2D eigenvalue weighted by Crippen LogP contribution is 2.30. The first-order valence-corrected chi connectivity index (χ1v) is 20.6. The third kappa shape index (κ3) is 13.7. The smallest absolute Gasteiger partial charge is 0.243 e. The Bertz CT molecular complexity index is 1450. The number of nitrogens with zero attached hydrogens (tertiary/aromatic N) is 1. The van der Waals surface area contributed by atoms with E-state index in [0.29, 0.717) is 24.6 Å². The fourth-order valence-corrected chi connectivity index (χ4v) is 8.06. The van der Waals surface area contributed by atoms with Crippen molar-refractivity contribution in [2.75, 3.05) is 12.3 Å². The lowest BCUT2D eigenvalue weighted by Crippen LogP contribution is -2.55. The largest absolute Gasteiger partial charge is 0.391 e. The highest BCUT2D eigenvalue weighted by atomic mass is 32.2. The van der Waals surface area contributed by atoms with Gasteiger partial charge in [-0.2, -0.15) is 0 Å². The summed E-state index contributed by atoms with van der Waals surface area (Å²) in [5.41, 5.74) is 1.43. The zero-order valence-electron chi connectivity index (χ0n) is 31.6. The molecule has 1 heterocycles. The first-order chi connectivity index (χ1) is 24.1. The van der Waals surface area contributed by atoms with Gasteiger partial charge in [0.05, 0.1) is 34.9 Å². The normalized spacial score (nSPS) is 17.3. The van der Waals surface area contributed by atoms with Gasteiger partial charge in [-0.1, -0.05) is 89.6 Å². The van der Waals surface area contributed by atoms with Crippen molar-refractivity contribution in [2.24, 2.45) is 23.7 Å². The Balaban J connectivity index is 1.89. The minimum atomic E-state index is -3.69. The molecule has 286 valence electrons. The first-order valence-electron chi connectivity index (χ1n) is 18.9. The average Bonchev–Trinajstić information content (AvgIpc) is 3.59. The molecule has 5 N–H and O–H groups in total. The summed E-state index contributed by atoms with van der Waals surface area (Å²) in [4.78, 5) is 48.6. The lowest BCUT2D eigenvalue weighted by atomic mass is 9.81. The van der Waals surface area contributed by atoms with E-state index >= 15 is 0 Å². The van der Waals surface area contributed by atoms with Crippen molar-refractivity contribution >= 4 is 27.6 Å². The SMILES string of the molecule is CCCCNC(=O)[C@@H](CC(O)[C@H](CC1CCCCC1)NC(=O)[C@H](Cc1cnc[nH]1)NC(=O)C(Cc1ccccc1)CS(=O)(=O)C(C)(C)C)C(C)C. The van der Waals surface area contributed by atoms with E-state index in [-0.39, 0.29) is 36.8 Å². The molecular formula is C39H63N5O6S. The summed E-state index contributed by atoms with van der Waals surface area (Å²) < 4.78 is 25.7. The number of aliphatic hydroxyl groups is 1. The van der Waals surface area contributed by atoms with Gasteiger partial charge in [-0.05, 0) is 63.9 Å². The Morgan fingerprint density at radius 3 is 2.25 bits per heavy atom. The number of carbonyl (C=O) groups is 3. The number of unbranched alkanes of at least 4 members (excludes halogenated alkanes) is 1. The molecule has 51 heavy (non-hydrogen) atoms. The zero-order valence-corrected chi connectivity index (χ0v) is 32.4. The monoisotopic (exact) mass is 729 g/mol. The second-order valence-corrected chi connectivity index (χ2v) is 18.6. The number of H-pyrrole nitrogens is 1. The number of hydrogen-bond acceptors (Lipinski definition) is 7. The van der Waals surface area contributed by atoms with Gasteiger partial charge in [0.25, 0.3) is 0 Å². The van der Waals surface area contributed by atoms with Crippen LogP contribution in [0.4, 0.5) is 0 Å². The highest BCUT2D eigenvalue weighted by Gasteiger charge is 2.37. The summed E-state index contributed by atoms with van der Waals surface area (Å²) in [6, 6.07) is 7.52. The van der Waals surface area contributed by atoms with E-state index in [4.69, 9.17) is 0 Å². The number of aliphatic hydroxyl groups excluding tert-OH is 1. The fraction of sp³-hybridized carbons (Fsp3) is 0.692. The van der Waals surface area contributed by atoms with Crippen molar-refractivity contribution in [1.29, 1.82) is 0 Å². The molecule has 2 unspecified atom stereocenters. The fourth-order valence-electron chi connectivity index (χ4n) is 6.76. The Morgan fingerprint density at radius 1 is 0.980 bits per heavy atom. The van der Waals surface area contributed by atoms with E-state index in [0.717, 1.165) is 50.5 Å². The van der Waals surface area contributed by atoms with Crippen LogP contribution in [0.2, 0.25) is 0 Å². The quantitative estimate of drug-likeness (QED) is 0.121. The van der Waals surface area contributed by atoms with Crippen molar-refractivity contribution < 1.29 is 27.9 Å². The maximum atomic E-state index is 14.2. The van der Waals surface area contributed by atoms with Gasteiger partial charge >= 0.3 is 0 Å². The van der Waals surface area contributed by atoms with Gasteiger partial charge in [0.2, 0.25) is 17.7 Å². The number of rotatable bonds is 20. The van der Waals surface area contributed by atoms with E-state index in [9.17, 15) is 27.9 Å². The van der Waals surface area contributed by atoms with Gasteiger partial charge < -0.3 is 26.0 Å². The lowest BCUT2D eigenvalue weighted by molar-refractivity contribution is -0.132. The molecule has 1 aliphatic rings. The first kappa shape index (κ1) is 42.2. The second kappa shape index (κ2) is 20.1. The molecule has 0 aliphatic heterocycles. The molecule has 0 bridgehead atoms. The maximum Gasteiger partial charge on any atom is 0.243 e. The van der Waals surface area contributed by atoms with Crippen molar-refractivity contribution in [3.8, 4) is 0 Å². The van der Waals surface area contributed by atoms with Crippen molar-refractivity contribution in [2.45, 2.75) is 135 Å². The molecule has 1 aliphatic carbocycles. The van der Waals surface area contributed by atoms with Gasteiger partial charge in [0.15, 0.2) is 9.84 Å². The van der Waals surface area contributed by atoms with Crippen molar-refractivity contribution in [3.05, 3.63) is 54.1 Å². The van der Waals surface area contributed by atoms with Crippen molar-refractivity contribution in [3.63, 3.8) is 0 Å².